The standard InChI is InChI=1S/C23H30N6O2.HI/c1-5-25-23(28(2)15-20-9-10-21(30-3)12-22(20)31-4)26-13-18-7-6-8-19(11-18)14-29-17-24-16-27-29;/h6-12,16-17H,5,13-15H2,1-4H3,(H,25,26);1H. The summed E-state index contributed by atoms with van der Waals surface area (Å²) < 4.78 is 12.6. The van der Waals surface area contributed by atoms with E-state index in [0.29, 0.717) is 19.6 Å². The minimum Gasteiger partial charge on any atom is -0.497 e. The van der Waals surface area contributed by atoms with Crippen molar-refractivity contribution in [3.63, 3.8) is 0 Å². The molecule has 172 valence electrons. The summed E-state index contributed by atoms with van der Waals surface area (Å²) in [5.74, 6) is 2.40. The monoisotopic (exact) mass is 550 g/mol. The van der Waals surface area contributed by atoms with Crippen molar-refractivity contribution >= 4 is 29.9 Å². The van der Waals surface area contributed by atoms with E-state index >= 15 is 0 Å². The van der Waals surface area contributed by atoms with Crippen LogP contribution in [0.1, 0.15) is 23.6 Å². The molecule has 0 bridgehead atoms. The third-order valence-corrected chi connectivity index (χ3v) is 4.81. The number of methoxy groups -OCH3 is 2. The molecule has 8 nitrogen and oxygen atoms in total. The molecule has 0 unspecified atom stereocenters. The van der Waals surface area contributed by atoms with Crippen LogP contribution in [0.25, 0.3) is 0 Å². The van der Waals surface area contributed by atoms with E-state index in [1.54, 1.807) is 26.9 Å². The Morgan fingerprint density at radius 2 is 1.94 bits per heavy atom. The number of nitrogens with one attached hydrogen (secondary N) is 1. The van der Waals surface area contributed by atoms with Crippen LogP contribution in [-0.2, 0) is 19.6 Å². The second-order valence-corrected chi connectivity index (χ2v) is 7.12. The molecule has 0 aliphatic heterocycles. The van der Waals surface area contributed by atoms with Gasteiger partial charge in [0.1, 0.15) is 24.2 Å². The Morgan fingerprint density at radius 3 is 2.62 bits per heavy atom. The van der Waals surface area contributed by atoms with Gasteiger partial charge in [-0.1, -0.05) is 24.3 Å². The number of nitrogens with zero attached hydrogens (tertiary/aromatic N) is 5. The van der Waals surface area contributed by atoms with Gasteiger partial charge >= 0.3 is 0 Å². The number of rotatable bonds is 9. The lowest BCUT2D eigenvalue weighted by Gasteiger charge is -2.23. The summed E-state index contributed by atoms with van der Waals surface area (Å²) in [6.07, 6.45) is 3.26. The van der Waals surface area contributed by atoms with Crippen LogP contribution in [0, 0.1) is 0 Å². The number of aliphatic imine (C=N–C) groups is 1. The molecule has 0 fully saturated rings. The van der Waals surface area contributed by atoms with Crippen LogP contribution >= 0.6 is 24.0 Å². The maximum atomic E-state index is 5.54. The van der Waals surface area contributed by atoms with E-state index in [-0.39, 0.29) is 24.0 Å². The van der Waals surface area contributed by atoms with E-state index in [0.717, 1.165) is 35.1 Å². The molecule has 0 amide bonds. The predicted octanol–water partition coefficient (Wildman–Crippen LogP) is 3.56. The first-order chi connectivity index (χ1) is 15.1. The van der Waals surface area contributed by atoms with Gasteiger partial charge in [-0.2, -0.15) is 5.10 Å². The molecule has 9 heteroatoms. The van der Waals surface area contributed by atoms with E-state index in [2.05, 4.69) is 51.5 Å². The summed E-state index contributed by atoms with van der Waals surface area (Å²) in [6.45, 7) is 4.78. The third-order valence-electron chi connectivity index (χ3n) is 4.81. The largest absolute Gasteiger partial charge is 0.497 e. The van der Waals surface area contributed by atoms with Crippen LogP contribution in [0.15, 0.2) is 60.1 Å². The molecule has 0 saturated carbocycles. The van der Waals surface area contributed by atoms with E-state index in [4.69, 9.17) is 14.5 Å². The number of ether oxygens (including phenoxy) is 2. The highest BCUT2D eigenvalue weighted by molar-refractivity contribution is 14.0. The van der Waals surface area contributed by atoms with Crippen LogP contribution < -0.4 is 14.8 Å². The first-order valence-electron chi connectivity index (χ1n) is 10.2. The van der Waals surface area contributed by atoms with Gasteiger partial charge in [-0.15, -0.1) is 24.0 Å². The molecule has 1 aromatic heterocycles. The Morgan fingerprint density at radius 1 is 1.12 bits per heavy atom. The van der Waals surface area contributed by atoms with Crippen molar-refractivity contribution in [1.82, 2.24) is 25.0 Å². The zero-order valence-electron chi connectivity index (χ0n) is 19.0. The first-order valence-corrected chi connectivity index (χ1v) is 10.2. The molecule has 3 aromatic rings. The Labute approximate surface area is 206 Å². The second kappa shape index (κ2) is 12.9. The average Bonchev–Trinajstić information content (AvgIpc) is 3.30. The summed E-state index contributed by atoms with van der Waals surface area (Å²) in [4.78, 5) is 10.9. The van der Waals surface area contributed by atoms with Crippen molar-refractivity contribution < 1.29 is 9.47 Å². The van der Waals surface area contributed by atoms with Gasteiger partial charge in [-0.05, 0) is 30.2 Å². The maximum absolute atomic E-state index is 5.54. The second-order valence-electron chi connectivity index (χ2n) is 7.12. The van der Waals surface area contributed by atoms with Gasteiger partial charge in [0.05, 0.1) is 27.3 Å². The molecule has 0 radical (unpaired) electrons. The number of halogens is 1. The van der Waals surface area contributed by atoms with Crippen LogP contribution in [0.4, 0.5) is 0 Å². The molecule has 0 saturated heterocycles. The first kappa shape index (κ1) is 25.4. The Bertz CT molecular complexity index is 994. The third kappa shape index (κ3) is 7.11. The van der Waals surface area contributed by atoms with E-state index < -0.39 is 0 Å². The van der Waals surface area contributed by atoms with Gasteiger partial charge in [0.2, 0.25) is 0 Å². The quantitative estimate of drug-likeness (QED) is 0.250. The lowest BCUT2D eigenvalue weighted by molar-refractivity contribution is 0.382. The van der Waals surface area contributed by atoms with Crippen molar-refractivity contribution in [1.29, 1.82) is 0 Å². The van der Waals surface area contributed by atoms with Crippen LogP contribution in [0.3, 0.4) is 0 Å². The average molecular weight is 550 g/mol. The molecule has 1 N–H and O–H groups in total. The lowest BCUT2D eigenvalue weighted by atomic mass is 10.1. The fourth-order valence-corrected chi connectivity index (χ4v) is 3.28. The summed E-state index contributed by atoms with van der Waals surface area (Å²) in [5, 5.41) is 7.54. The smallest absolute Gasteiger partial charge is 0.194 e. The lowest BCUT2D eigenvalue weighted by Crippen LogP contribution is -2.38. The Kier molecular flexibility index (Phi) is 10.3. The van der Waals surface area contributed by atoms with Crippen LogP contribution in [0.2, 0.25) is 0 Å². The predicted molar refractivity (Wildman–Crippen MR) is 137 cm³/mol. The minimum atomic E-state index is 0. The van der Waals surface area contributed by atoms with Crippen LogP contribution in [-0.4, -0.2) is 53.4 Å². The van der Waals surface area contributed by atoms with Gasteiger partial charge in [0.15, 0.2) is 5.96 Å². The van der Waals surface area contributed by atoms with Crippen molar-refractivity contribution in [2.24, 2.45) is 4.99 Å². The zero-order chi connectivity index (χ0) is 22.1. The molecule has 0 aliphatic rings. The van der Waals surface area contributed by atoms with Gasteiger partial charge in [0.25, 0.3) is 0 Å². The van der Waals surface area contributed by atoms with Gasteiger partial charge in [-0.25, -0.2) is 14.7 Å². The molecule has 0 atom stereocenters. The molecule has 2 aromatic carbocycles. The highest BCUT2D eigenvalue weighted by atomic mass is 127. The number of benzene rings is 2. The fraction of sp³-hybridized carbons (Fsp3) is 0.348. The van der Waals surface area contributed by atoms with Crippen molar-refractivity contribution in [2.75, 3.05) is 27.8 Å². The summed E-state index contributed by atoms with van der Waals surface area (Å²) in [7, 11) is 5.34. The van der Waals surface area contributed by atoms with Gasteiger partial charge < -0.3 is 19.7 Å². The summed E-state index contributed by atoms with van der Waals surface area (Å²) >= 11 is 0. The van der Waals surface area contributed by atoms with Crippen LogP contribution in [0.5, 0.6) is 11.5 Å². The Balaban J connectivity index is 0.00000363. The number of hydrogen-bond acceptors (Lipinski definition) is 5. The highest BCUT2D eigenvalue weighted by Gasteiger charge is 2.11. The molecule has 0 spiro atoms. The highest BCUT2D eigenvalue weighted by Crippen LogP contribution is 2.25. The topological polar surface area (TPSA) is 76.8 Å². The van der Waals surface area contributed by atoms with E-state index in [1.165, 1.54) is 5.56 Å². The summed E-state index contributed by atoms with van der Waals surface area (Å²) in [6, 6.07) is 14.2. The van der Waals surface area contributed by atoms with Crippen molar-refractivity contribution in [3.05, 3.63) is 71.8 Å². The number of guanidine groups is 1. The van der Waals surface area contributed by atoms with Gasteiger partial charge in [0, 0.05) is 31.8 Å². The Hall–Kier alpha value is -2.82. The minimum absolute atomic E-state index is 0. The molecule has 32 heavy (non-hydrogen) atoms. The molecule has 1 heterocycles. The molecular formula is C23H31IN6O2. The summed E-state index contributed by atoms with van der Waals surface area (Å²) in [5.41, 5.74) is 3.37. The number of hydrogen-bond donors (Lipinski definition) is 1. The zero-order valence-corrected chi connectivity index (χ0v) is 21.3. The van der Waals surface area contributed by atoms with E-state index in [1.807, 2.05) is 29.9 Å². The fourth-order valence-electron chi connectivity index (χ4n) is 3.28. The maximum Gasteiger partial charge on any atom is 0.194 e. The SMILES string of the molecule is CCNC(=NCc1cccc(Cn2cncn2)c1)N(C)Cc1ccc(OC)cc1OC.I. The normalized spacial score (nSPS) is 10.9. The number of aromatic nitrogens is 3. The van der Waals surface area contributed by atoms with E-state index in [9.17, 15) is 0 Å². The molecule has 3 rings (SSSR count). The van der Waals surface area contributed by atoms with Crippen molar-refractivity contribution in [3.8, 4) is 11.5 Å². The van der Waals surface area contributed by atoms with Crippen molar-refractivity contribution in [2.45, 2.75) is 26.6 Å². The van der Waals surface area contributed by atoms with Gasteiger partial charge in [-0.3, -0.25) is 0 Å². The molecular weight excluding hydrogens is 519 g/mol. The molecule has 0 aliphatic carbocycles.